The van der Waals surface area contributed by atoms with Crippen molar-refractivity contribution >= 4 is 5.78 Å². The lowest BCUT2D eigenvalue weighted by molar-refractivity contribution is -0.122. The topological polar surface area (TPSA) is 38.3 Å². The van der Waals surface area contributed by atoms with Crippen molar-refractivity contribution in [1.82, 2.24) is 5.32 Å². The third-order valence-corrected chi connectivity index (χ3v) is 3.33. The van der Waals surface area contributed by atoms with Crippen molar-refractivity contribution in [2.75, 3.05) is 20.3 Å². The van der Waals surface area contributed by atoms with E-state index >= 15 is 0 Å². The van der Waals surface area contributed by atoms with E-state index in [0.29, 0.717) is 19.6 Å². The first-order valence-corrected chi connectivity index (χ1v) is 6.04. The third kappa shape index (κ3) is 2.93. The van der Waals surface area contributed by atoms with Gasteiger partial charge in [-0.15, -0.1) is 0 Å². The van der Waals surface area contributed by atoms with Crippen molar-refractivity contribution in [2.45, 2.75) is 19.4 Å². The minimum atomic E-state index is 0.000474. The summed E-state index contributed by atoms with van der Waals surface area (Å²) in [4.78, 5) is 12.2. The van der Waals surface area contributed by atoms with E-state index in [1.165, 1.54) is 5.56 Å². The van der Waals surface area contributed by atoms with Crippen LogP contribution in [0.4, 0.5) is 0 Å². The molecule has 92 valence electrons. The number of hydrogen-bond acceptors (Lipinski definition) is 3. The SMILES string of the molecule is CNC1COCC1C(=O)Cc1cccc(C)c1. The van der Waals surface area contributed by atoms with Crippen LogP contribution in [0, 0.1) is 12.8 Å². The molecule has 0 radical (unpaired) electrons. The molecule has 0 aliphatic carbocycles. The highest BCUT2D eigenvalue weighted by Gasteiger charge is 2.32. The first-order chi connectivity index (χ1) is 8.20. The van der Waals surface area contributed by atoms with Crippen molar-refractivity contribution in [3.63, 3.8) is 0 Å². The molecule has 1 aromatic carbocycles. The van der Waals surface area contributed by atoms with Crippen LogP contribution < -0.4 is 5.32 Å². The summed E-state index contributed by atoms with van der Waals surface area (Å²) in [5, 5.41) is 3.15. The van der Waals surface area contributed by atoms with Crippen molar-refractivity contribution in [3.8, 4) is 0 Å². The number of benzene rings is 1. The Kier molecular flexibility index (Phi) is 3.92. The summed E-state index contributed by atoms with van der Waals surface area (Å²) >= 11 is 0. The van der Waals surface area contributed by atoms with E-state index in [1.54, 1.807) is 0 Å². The summed E-state index contributed by atoms with van der Waals surface area (Å²) in [6.45, 7) is 3.24. The zero-order valence-electron chi connectivity index (χ0n) is 10.4. The first-order valence-electron chi connectivity index (χ1n) is 6.04. The summed E-state index contributed by atoms with van der Waals surface area (Å²) in [5.74, 6) is 0.271. The summed E-state index contributed by atoms with van der Waals surface area (Å²) < 4.78 is 5.36. The van der Waals surface area contributed by atoms with Crippen molar-refractivity contribution < 1.29 is 9.53 Å². The lowest BCUT2D eigenvalue weighted by Crippen LogP contribution is -2.37. The summed E-state index contributed by atoms with van der Waals surface area (Å²) in [7, 11) is 1.88. The van der Waals surface area contributed by atoms with Gasteiger partial charge in [0.15, 0.2) is 0 Å². The van der Waals surface area contributed by atoms with Gasteiger partial charge in [0.2, 0.25) is 0 Å². The van der Waals surface area contributed by atoms with Gasteiger partial charge < -0.3 is 10.1 Å². The minimum absolute atomic E-state index is 0.000474. The van der Waals surface area contributed by atoms with Gasteiger partial charge >= 0.3 is 0 Å². The molecule has 0 amide bonds. The fourth-order valence-electron chi connectivity index (χ4n) is 2.31. The van der Waals surface area contributed by atoms with Crippen LogP contribution in [0.1, 0.15) is 11.1 Å². The van der Waals surface area contributed by atoms with Gasteiger partial charge in [0, 0.05) is 12.5 Å². The van der Waals surface area contributed by atoms with Gasteiger partial charge in [0.1, 0.15) is 5.78 Å². The highest BCUT2D eigenvalue weighted by atomic mass is 16.5. The highest BCUT2D eigenvalue weighted by Crippen LogP contribution is 2.17. The van der Waals surface area contributed by atoms with Crippen LogP contribution >= 0.6 is 0 Å². The Hall–Kier alpha value is -1.19. The lowest BCUT2D eigenvalue weighted by Gasteiger charge is -2.15. The molecule has 1 aromatic rings. The number of nitrogens with one attached hydrogen (secondary N) is 1. The number of ether oxygens (including phenoxy) is 1. The van der Waals surface area contributed by atoms with Crippen molar-refractivity contribution in [1.29, 1.82) is 0 Å². The number of aryl methyl sites for hydroxylation is 1. The Bertz CT molecular complexity index is 403. The molecule has 3 nitrogen and oxygen atoms in total. The zero-order valence-corrected chi connectivity index (χ0v) is 10.4. The van der Waals surface area contributed by atoms with Crippen LogP contribution in [0.3, 0.4) is 0 Å². The molecule has 0 spiro atoms. The summed E-state index contributed by atoms with van der Waals surface area (Å²) in [6, 6.07) is 8.30. The average molecular weight is 233 g/mol. The molecular weight excluding hydrogens is 214 g/mol. The van der Waals surface area contributed by atoms with Crippen LogP contribution in [-0.4, -0.2) is 32.1 Å². The van der Waals surface area contributed by atoms with Gasteiger partial charge in [0.05, 0.1) is 19.1 Å². The Labute approximate surface area is 102 Å². The quantitative estimate of drug-likeness (QED) is 0.853. The number of Topliss-reactive ketones (excluding diaryl/α,β-unsaturated/α-hetero) is 1. The van der Waals surface area contributed by atoms with E-state index in [4.69, 9.17) is 4.74 Å². The molecular formula is C14H19NO2. The molecule has 1 aliphatic heterocycles. The van der Waals surface area contributed by atoms with Gasteiger partial charge in [-0.1, -0.05) is 29.8 Å². The maximum absolute atomic E-state index is 12.2. The Morgan fingerprint density at radius 1 is 1.47 bits per heavy atom. The molecule has 1 N–H and O–H groups in total. The second-order valence-corrected chi connectivity index (χ2v) is 4.67. The number of likely N-dealkylation sites (N-methyl/N-ethyl adjacent to an activating group) is 1. The normalized spacial score (nSPS) is 23.9. The van der Waals surface area contributed by atoms with Crippen LogP contribution in [-0.2, 0) is 16.0 Å². The van der Waals surface area contributed by atoms with E-state index in [1.807, 2.05) is 32.2 Å². The molecule has 0 aromatic heterocycles. The van der Waals surface area contributed by atoms with E-state index in [9.17, 15) is 4.79 Å². The molecule has 1 saturated heterocycles. The van der Waals surface area contributed by atoms with Crippen molar-refractivity contribution in [3.05, 3.63) is 35.4 Å². The largest absolute Gasteiger partial charge is 0.379 e. The molecule has 1 aliphatic rings. The Morgan fingerprint density at radius 2 is 2.29 bits per heavy atom. The van der Waals surface area contributed by atoms with E-state index in [2.05, 4.69) is 11.4 Å². The molecule has 2 atom stereocenters. The van der Waals surface area contributed by atoms with Crippen LogP contribution in [0.2, 0.25) is 0 Å². The van der Waals surface area contributed by atoms with E-state index in [0.717, 1.165) is 5.56 Å². The molecule has 2 rings (SSSR count). The lowest BCUT2D eigenvalue weighted by atomic mass is 9.93. The molecule has 0 bridgehead atoms. The maximum atomic E-state index is 12.2. The molecule has 17 heavy (non-hydrogen) atoms. The molecule has 3 heteroatoms. The average Bonchev–Trinajstić information content (AvgIpc) is 2.77. The van der Waals surface area contributed by atoms with Crippen LogP contribution in [0.15, 0.2) is 24.3 Å². The second-order valence-electron chi connectivity index (χ2n) is 4.67. The number of carbonyl (C=O) groups excluding carboxylic acids is 1. The summed E-state index contributed by atoms with van der Waals surface area (Å²) in [5.41, 5.74) is 2.29. The van der Waals surface area contributed by atoms with Crippen LogP contribution in [0.25, 0.3) is 0 Å². The Balaban J connectivity index is 2.01. The monoisotopic (exact) mass is 233 g/mol. The predicted molar refractivity (Wildman–Crippen MR) is 67.0 cm³/mol. The smallest absolute Gasteiger partial charge is 0.144 e. The Morgan fingerprint density at radius 3 is 3.00 bits per heavy atom. The fraction of sp³-hybridized carbons (Fsp3) is 0.500. The minimum Gasteiger partial charge on any atom is -0.379 e. The highest BCUT2D eigenvalue weighted by molar-refractivity contribution is 5.84. The van der Waals surface area contributed by atoms with Gasteiger partial charge in [-0.2, -0.15) is 0 Å². The number of hydrogen-bond donors (Lipinski definition) is 1. The number of carbonyl (C=O) groups is 1. The standard InChI is InChI=1S/C14H19NO2/c1-10-4-3-5-11(6-10)7-14(16)12-8-17-9-13(12)15-2/h3-6,12-13,15H,7-9H2,1-2H3. The molecule has 0 saturated carbocycles. The van der Waals surface area contributed by atoms with Crippen molar-refractivity contribution in [2.24, 2.45) is 5.92 Å². The second kappa shape index (κ2) is 5.43. The maximum Gasteiger partial charge on any atom is 0.144 e. The van der Waals surface area contributed by atoms with Gasteiger partial charge in [-0.25, -0.2) is 0 Å². The number of rotatable bonds is 4. The molecule has 1 heterocycles. The molecule has 1 fully saturated rings. The molecule has 2 unspecified atom stereocenters. The fourth-order valence-corrected chi connectivity index (χ4v) is 2.31. The number of ketones is 1. The van der Waals surface area contributed by atoms with Crippen LogP contribution in [0.5, 0.6) is 0 Å². The van der Waals surface area contributed by atoms with E-state index < -0.39 is 0 Å². The third-order valence-electron chi connectivity index (χ3n) is 3.33. The zero-order chi connectivity index (χ0) is 12.3. The van der Waals surface area contributed by atoms with Gasteiger partial charge in [-0.05, 0) is 19.5 Å². The summed E-state index contributed by atoms with van der Waals surface area (Å²) in [6.07, 6.45) is 0.508. The first kappa shape index (κ1) is 12.3. The van der Waals surface area contributed by atoms with Gasteiger partial charge in [0.25, 0.3) is 0 Å². The predicted octanol–water partition coefficient (Wildman–Crippen LogP) is 1.34. The van der Waals surface area contributed by atoms with E-state index in [-0.39, 0.29) is 17.7 Å². The van der Waals surface area contributed by atoms with Gasteiger partial charge in [-0.3, -0.25) is 4.79 Å².